The lowest BCUT2D eigenvalue weighted by Crippen LogP contribution is -2.38. The number of nitrogens with zero attached hydrogens (tertiary/aromatic N) is 3. The number of hydrogen-bond acceptors (Lipinski definition) is 6. The Morgan fingerprint density at radius 2 is 1.75 bits per heavy atom. The molecule has 2 heterocycles. The van der Waals surface area contributed by atoms with E-state index in [9.17, 15) is 14.4 Å². The fourth-order valence-electron chi connectivity index (χ4n) is 5.08. The summed E-state index contributed by atoms with van der Waals surface area (Å²) >= 11 is 0. The number of esters is 1. The van der Waals surface area contributed by atoms with Gasteiger partial charge in [-0.3, -0.25) is 4.79 Å². The van der Waals surface area contributed by atoms with Gasteiger partial charge in [0.2, 0.25) is 0 Å². The first-order chi connectivity index (χ1) is 19.1. The molecule has 0 bridgehead atoms. The highest BCUT2D eigenvalue weighted by Gasteiger charge is 2.31. The van der Waals surface area contributed by atoms with Crippen LogP contribution in [0.2, 0.25) is 0 Å². The number of carbonyl (C=O) groups is 1. The molecule has 0 N–H and O–H groups in total. The van der Waals surface area contributed by atoms with Gasteiger partial charge in [0.15, 0.2) is 5.69 Å². The Morgan fingerprint density at radius 1 is 1.10 bits per heavy atom. The van der Waals surface area contributed by atoms with Crippen molar-refractivity contribution in [2.45, 2.75) is 66.4 Å². The lowest BCUT2D eigenvalue weighted by atomic mass is 9.82. The second-order valence-electron chi connectivity index (χ2n) is 11.5. The van der Waals surface area contributed by atoms with E-state index in [4.69, 9.17) is 9.47 Å². The van der Waals surface area contributed by atoms with E-state index in [1.54, 1.807) is 12.1 Å². The lowest BCUT2D eigenvalue weighted by molar-refractivity contribution is -0.146. The normalized spacial score (nSPS) is 14.6. The quantitative estimate of drug-likeness (QED) is 0.276. The van der Waals surface area contributed by atoms with Crippen molar-refractivity contribution in [2.75, 3.05) is 24.6 Å². The molecular weight excluding hydrogens is 505 g/mol. The fourth-order valence-corrected chi connectivity index (χ4v) is 5.08. The van der Waals surface area contributed by atoms with Crippen molar-refractivity contribution in [1.29, 1.82) is 5.26 Å². The number of aryl methyl sites for hydroxylation is 1. The minimum atomic E-state index is -0.306. The van der Waals surface area contributed by atoms with Gasteiger partial charge >= 0.3 is 5.97 Å². The van der Waals surface area contributed by atoms with E-state index in [1.165, 1.54) is 12.1 Å². The van der Waals surface area contributed by atoms with Gasteiger partial charge in [-0.2, -0.15) is 5.26 Å². The summed E-state index contributed by atoms with van der Waals surface area (Å²) in [4.78, 5) is 19.8. The zero-order chi connectivity index (χ0) is 28.9. The molecule has 0 saturated carbocycles. The highest BCUT2D eigenvalue weighted by atomic mass is 19.1. The first-order valence-electron chi connectivity index (χ1n) is 13.9. The standard InChI is InChI=1S/C33H38FN3O3/c1-22(2)40-30(38)20-28-23(3)36-29(21-35)31(32(28)37-17-15-33(4,5)16-18-37)25-8-12-27(13-9-25)39-19-14-24-6-10-26(34)11-7-24/h6-13,22H,14-20H2,1-5H3. The Bertz CT molecular complexity index is 1370. The van der Waals surface area contributed by atoms with Crippen molar-refractivity contribution >= 4 is 11.7 Å². The third-order valence-corrected chi connectivity index (χ3v) is 7.42. The summed E-state index contributed by atoms with van der Waals surface area (Å²) in [5.74, 6) is 0.140. The van der Waals surface area contributed by atoms with Crippen LogP contribution in [0.15, 0.2) is 48.5 Å². The molecule has 0 spiro atoms. The lowest BCUT2D eigenvalue weighted by Gasteiger charge is -2.40. The summed E-state index contributed by atoms with van der Waals surface area (Å²) in [5, 5.41) is 10.1. The zero-order valence-electron chi connectivity index (χ0n) is 24.1. The van der Waals surface area contributed by atoms with Crippen LogP contribution in [0.25, 0.3) is 11.1 Å². The molecule has 1 aliphatic heterocycles. The summed E-state index contributed by atoms with van der Waals surface area (Å²) in [7, 11) is 0. The van der Waals surface area contributed by atoms with Crippen LogP contribution in [0.4, 0.5) is 10.1 Å². The summed E-state index contributed by atoms with van der Waals surface area (Å²) in [5.41, 5.74) is 5.51. The molecule has 210 valence electrons. The summed E-state index contributed by atoms with van der Waals surface area (Å²) < 4.78 is 24.6. The van der Waals surface area contributed by atoms with Crippen LogP contribution in [0.5, 0.6) is 5.75 Å². The van der Waals surface area contributed by atoms with Crippen molar-refractivity contribution in [2.24, 2.45) is 5.41 Å². The number of halogens is 1. The molecule has 6 nitrogen and oxygen atoms in total. The number of aromatic nitrogens is 1. The predicted octanol–water partition coefficient (Wildman–Crippen LogP) is 6.81. The van der Waals surface area contributed by atoms with Gasteiger partial charge < -0.3 is 14.4 Å². The van der Waals surface area contributed by atoms with E-state index < -0.39 is 0 Å². The van der Waals surface area contributed by atoms with Gasteiger partial charge in [0, 0.05) is 36.3 Å². The Morgan fingerprint density at radius 3 is 2.35 bits per heavy atom. The number of benzene rings is 2. The molecule has 4 rings (SSSR count). The third-order valence-electron chi connectivity index (χ3n) is 7.42. The van der Waals surface area contributed by atoms with E-state index in [0.29, 0.717) is 30.2 Å². The molecule has 7 heteroatoms. The molecule has 40 heavy (non-hydrogen) atoms. The van der Waals surface area contributed by atoms with Gasteiger partial charge in [-0.15, -0.1) is 0 Å². The van der Waals surface area contributed by atoms with E-state index in [-0.39, 0.29) is 29.7 Å². The topological polar surface area (TPSA) is 75.5 Å². The molecule has 1 aromatic heterocycles. The molecule has 0 radical (unpaired) electrons. The first kappa shape index (κ1) is 29.1. The Hall–Kier alpha value is -3.92. The van der Waals surface area contributed by atoms with Crippen LogP contribution in [0.3, 0.4) is 0 Å². The van der Waals surface area contributed by atoms with Gasteiger partial charge in [-0.1, -0.05) is 38.1 Å². The SMILES string of the molecule is Cc1nc(C#N)c(-c2ccc(OCCc3ccc(F)cc3)cc2)c(N2CCC(C)(C)CC2)c1CC(=O)OC(C)C. The van der Waals surface area contributed by atoms with E-state index >= 15 is 0 Å². The molecule has 0 unspecified atom stereocenters. The molecule has 3 aromatic rings. The maximum Gasteiger partial charge on any atom is 0.310 e. The molecule has 0 aliphatic carbocycles. The number of ether oxygens (including phenoxy) is 2. The van der Waals surface area contributed by atoms with E-state index in [1.807, 2.05) is 45.0 Å². The van der Waals surface area contributed by atoms with Gasteiger partial charge in [0.05, 0.1) is 24.8 Å². The van der Waals surface area contributed by atoms with Crippen LogP contribution >= 0.6 is 0 Å². The average Bonchev–Trinajstić information content (AvgIpc) is 2.91. The average molecular weight is 544 g/mol. The van der Waals surface area contributed by atoms with Crippen LogP contribution < -0.4 is 9.64 Å². The zero-order valence-corrected chi connectivity index (χ0v) is 24.1. The smallest absolute Gasteiger partial charge is 0.310 e. The Labute approximate surface area is 236 Å². The fraction of sp³-hybridized carbons (Fsp3) is 0.424. The van der Waals surface area contributed by atoms with Crippen molar-refractivity contribution in [3.63, 3.8) is 0 Å². The van der Waals surface area contributed by atoms with Crippen LogP contribution in [0, 0.1) is 29.5 Å². The number of rotatable bonds is 9. The number of hydrogen-bond donors (Lipinski definition) is 0. The highest BCUT2D eigenvalue weighted by molar-refractivity contribution is 5.88. The van der Waals surface area contributed by atoms with Crippen molar-refractivity contribution < 1.29 is 18.7 Å². The molecular formula is C33H38FN3O3. The van der Waals surface area contributed by atoms with Gasteiger partial charge in [-0.25, -0.2) is 9.37 Å². The van der Waals surface area contributed by atoms with Gasteiger partial charge in [-0.05, 0) is 74.4 Å². The molecule has 1 aliphatic rings. The molecule has 0 atom stereocenters. The number of anilines is 1. The van der Waals surface area contributed by atoms with Crippen molar-refractivity contribution in [3.8, 4) is 22.9 Å². The second kappa shape index (κ2) is 12.5. The largest absolute Gasteiger partial charge is 0.493 e. The van der Waals surface area contributed by atoms with Crippen LogP contribution in [0.1, 0.15) is 63.1 Å². The Kier molecular flexibility index (Phi) is 9.09. The van der Waals surface area contributed by atoms with Crippen molar-refractivity contribution in [1.82, 2.24) is 4.98 Å². The van der Waals surface area contributed by atoms with Crippen LogP contribution in [-0.4, -0.2) is 36.8 Å². The monoisotopic (exact) mass is 543 g/mol. The predicted molar refractivity (Wildman–Crippen MR) is 155 cm³/mol. The molecule has 1 fully saturated rings. The number of nitriles is 1. The van der Waals surface area contributed by atoms with Crippen LogP contribution in [-0.2, 0) is 22.4 Å². The van der Waals surface area contributed by atoms with Gasteiger partial charge in [0.25, 0.3) is 0 Å². The maximum absolute atomic E-state index is 13.2. The van der Waals surface area contributed by atoms with E-state index in [2.05, 4.69) is 29.8 Å². The minimum absolute atomic E-state index is 0.0928. The highest BCUT2D eigenvalue weighted by Crippen LogP contribution is 2.42. The molecule has 1 saturated heterocycles. The van der Waals surface area contributed by atoms with Crippen molar-refractivity contribution in [3.05, 3.63) is 76.9 Å². The second-order valence-corrected chi connectivity index (χ2v) is 11.5. The minimum Gasteiger partial charge on any atom is -0.493 e. The first-order valence-corrected chi connectivity index (χ1v) is 13.9. The molecule has 2 aromatic carbocycles. The summed E-state index contributed by atoms with van der Waals surface area (Å²) in [6.45, 7) is 12.2. The van der Waals surface area contributed by atoms with E-state index in [0.717, 1.165) is 53.9 Å². The third kappa shape index (κ3) is 7.18. The number of pyridine rings is 1. The summed E-state index contributed by atoms with van der Waals surface area (Å²) in [6, 6.07) is 16.4. The number of piperidine rings is 1. The summed E-state index contributed by atoms with van der Waals surface area (Å²) in [6.07, 6.45) is 2.55. The Balaban J connectivity index is 1.67. The molecule has 0 amide bonds. The van der Waals surface area contributed by atoms with Gasteiger partial charge in [0.1, 0.15) is 17.6 Å². The number of carbonyl (C=O) groups excluding carboxylic acids is 1. The maximum atomic E-state index is 13.2.